The maximum absolute atomic E-state index is 12.9. The SMILES string of the molecule is CC1CN(S(=O)(=O)c2cc3c(cc2Br)CCC(=O)N3)CCN1.Cl. The van der Waals surface area contributed by atoms with E-state index in [1.807, 2.05) is 6.92 Å². The highest BCUT2D eigenvalue weighted by molar-refractivity contribution is 9.10. The van der Waals surface area contributed by atoms with Gasteiger partial charge in [0, 0.05) is 42.3 Å². The molecule has 0 saturated carbocycles. The Hall–Kier alpha value is -0.670. The summed E-state index contributed by atoms with van der Waals surface area (Å²) in [6.07, 6.45) is 1.06. The number of hydrogen-bond donors (Lipinski definition) is 2. The number of rotatable bonds is 2. The average Bonchev–Trinajstić information content (AvgIpc) is 2.47. The minimum atomic E-state index is -3.58. The molecule has 1 fully saturated rings. The Morgan fingerprint density at radius 3 is 2.74 bits per heavy atom. The van der Waals surface area contributed by atoms with E-state index in [9.17, 15) is 13.2 Å². The van der Waals surface area contributed by atoms with Gasteiger partial charge in [-0.3, -0.25) is 4.79 Å². The van der Waals surface area contributed by atoms with E-state index in [1.165, 1.54) is 4.31 Å². The molecule has 2 aliphatic rings. The molecule has 9 heteroatoms. The van der Waals surface area contributed by atoms with Crippen molar-refractivity contribution in [3.05, 3.63) is 22.2 Å². The predicted molar refractivity (Wildman–Crippen MR) is 94.6 cm³/mol. The van der Waals surface area contributed by atoms with E-state index in [-0.39, 0.29) is 29.3 Å². The standard InChI is InChI=1S/C14H18BrN3O3S.ClH/c1-9-8-18(5-4-16-9)22(20,21)13-7-12-10(6-11(13)15)2-3-14(19)17-12;/h6-7,9,16H,2-5,8H2,1H3,(H,17,19);1H. The van der Waals surface area contributed by atoms with Gasteiger partial charge in [0.15, 0.2) is 0 Å². The zero-order chi connectivity index (χ0) is 15.9. The van der Waals surface area contributed by atoms with E-state index >= 15 is 0 Å². The molecule has 6 nitrogen and oxygen atoms in total. The lowest BCUT2D eigenvalue weighted by molar-refractivity contribution is -0.116. The second-order valence-corrected chi connectivity index (χ2v) is 8.47. The van der Waals surface area contributed by atoms with E-state index in [4.69, 9.17) is 0 Å². The number of sulfonamides is 1. The summed E-state index contributed by atoms with van der Waals surface area (Å²) in [5, 5.41) is 5.99. The van der Waals surface area contributed by atoms with E-state index in [0.29, 0.717) is 42.6 Å². The van der Waals surface area contributed by atoms with Gasteiger partial charge in [0.1, 0.15) is 0 Å². The van der Waals surface area contributed by atoms with Crippen LogP contribution in [0, 0.1) is 0 Å². The third kappa shape index (κ3) is 3.71. The van der Waals surface area contributed by atoms with Crippen LogP contribution in [0.4, 0.5) is 5.69 Å². The molecule has 1 atom stereocenters. The molecule has 2 aliphatic heterocycles. The summed E-state index contributed by atoms with van der Waals surface area (Å²) in [6.45, 7) is 3.49. The monoisotopic (exact) mass is 423 g/mol. The van der Waals surface area contributed by atoms with Crippen molar-refractivity contribution >= 4 is 50.0 Å². The Morgan fingerprint density at radius 2 is 2.04 bits per heavy atom. The first kappa shape index (κ1) is 18.7. The molecule has 128 valence electrons. The van der Waals surface area contributed by atoms with Gasteiger partial charge in [-0.15, -0.1) is 12.4 Å². The van der Waals surface area contributed by atoms with Gasteiger partial charge in [-0.25, -0.2) is 8.42 Å². The Morgan fingerprint density at radius 1 is 1.30 bits per heavy atom. The van der Waals surface area contributed by atoms with Crippen LogP contribution in [-0.4, -0.2) is 44.3 Å². The van der Waals surface area contributed by atoms with Crippen molar-refractivity contribution in [2.24, 2.45) is 0 Å². The molecule has 0 aliphatic carbocycles. The number of carbonyl (C=O) groups excluding carboxylic acids is 1. The molecule has 1 aromatic carbocycles. The van der Waals surface area contributed by atoms with Crippen LogP contribution in [-0.2, 0) is 21.2 Å². The number of anilines is 1. The largest absolute Gasteiger partial charge is 0.326 e. The van der Waals surface area contributed by atoms with Gasteiger partial charge >= 0.3 is 0 Å². The van der Waals surface area contributed by atoms with Crippen LogP contribution in [0.2, 0.25) is 0 Å². The van der Waals surface area contributed by atoms with Crippen molar-refractivity contribution in [2.45, 2.75) is 30.7 Å². The Labute approximate surface area is 150 Å². The summed E-state index contributed by atoms with van der Waals surface area (Å²) in [6, 6.07) is 3.49. The first-order chi connectivity index (χ1) is 10.4. The van der Waals surface area contributed by atoms with Crippen LogP contribution in [0.5, 0.6) is 0 Å². The highest BCUT2D eigenvalue weighted by atomic mass is 79.9. The molecule has 1 aromatic rings. The number of amides is 1. The van der Waals surface area contributed by atoms with Crippen LogP contribution in [0.15, 0.2) is 21.5 Å². The van der Waals surface area contributed by atoms with Crippen LogP contribution < -0.4 is 10.6 Å². The third-order valence-electron chi connectivity index (χ3n) is 4.00. The lowest BCUT2D eigenvalue weighted by Crippen LogP contribution is -2.51. The van der Waals surface area contributed by atoms with Gasteiger partial charge in [-0.2, -0.15) is 4.31 Å². The number of nitrogens with one attached hydrogen (secondary N) is 2. The first-order valence-electron chi connectivity index (χ1n) is 7.24. The molecule has 0 radical (unpaired) electrons. The van der Waals surface area contributed by atoms with Gasteiger partial charge in [0.2, 0.25) is 15.9 Å². The maximum atomic E-state index is 12.9. The third-order valence-corrected chi connectivity index (χ3v) is 6.83. The lowest BCUT2D eigenvalue weighted by atomic mass is 10.0. The molecular formula is C14H19BrClN3O3S. The van der Waals surface area contributed by atoms with Gasteiger partial charge in [-0.05, 0) is 47.0 Å². The number of piperazine rings is 1. The Kier molecular flexibility index (Phi) is 5.73. The summed E-state index contributed by atoms with van der Waals surface area (Å²) in [5.74, 6) is -0.0750. The molecule has 0 bridgehead atoms. The Bertz CT molecular complexity index is 726. The normalized spacial score (nSPS) is 22.0. The van der Waals surface area contributed by atoms with E-state index in [1.54, 1.807) is 12.1 Å². The van der Waals surface area contributed by atoms with Crippen molar-refractivity contribution in [1.29, 1.82) is 0 Å². The average molecular weight is 425 g/mol. The summed E-state index contributed by atoms with van der Waals surface area (Å²) in [5.41, 5.74) is 1.56. The summed E-state index contributed by atoms with van der Waals surface area (Å²) < 4.78 is 27.8. The van der Waals surface area contributed by atoms with Gasteiger partial charge in [-0.1, -0.05) is 0 Å². The number of carbonyl (C=O) groups is 1. The van der Waals surface area contributed by atoms with Gasteiger partial charge in [0.05, 0.1) is 4.90 Å². The molecular weight excluding hydrogens is 406 g/mol. The van der Waals surface area contributed by atoms with Gasteiger partial charge in [0.25, 0.3) is 0 Å². The number of hydrogen-bond acceptors (Lipinski definition) is 4. The number of nitrogens with zero attached hydrogens (tertiary/aromatic N) is 1. The molecule has 3 rings (SSSR count). The number of halogens is 2. The van der Waals surface area contributed by atoms with Crippen molar-refractivity contribution in [3.63, 3.8) is 0 Å². The van der Waals surface area contributed by atoms with E-state index in [2.05, 4.69) is 26.6 Å². The zero-order valence-corrected chi connectivity index (χ0v) is 15.9. The molecule has 1 amide bonds. The van der Waals surface area contributed by atoms with Crippen LogP contribution in [0.25, 0.3) is 0 Å². The fourth-order valence-corrected chi connectivity index (χ4v) is 5.44. The fourth-order valence-electron chi connectivity index (χ4n) is 2.83. The molecule has 1 unspecified atom stereocenters. The summed E-state index contributed by atoms with van der Waals surface area (Å²) in [7, 11) is -3.58. The highest BCUT2D eigenvalue weighted by Crippen LogP contribution is 2.33. The minimum absolute atomic E-state index is 0. The Balaban J connectivity index is 0.00000192. The van der Waals surface area contributed by atoms with Crippen LogP contribution in [0.1, 0.15) is 18.9 Å². The molecule has 23 heavy (non-hydrogen) atoms. The van der Waals surface area contributed by atoms with E-state index in [0.717, 1.165) is 5.56 Å². The van der Waals surface area contributed by atoms with Crippen LogP contribution in [0.3, 0.4) is 0 Å². The first-order valence-corrected chi connectivity index (χ1v) is 9.47. The van der Waals surface area contributed by atoms with Crippen molar-refractivity contribution < 1.29 is 13.2 Å². The number of fused-ring (bicyclic) bond motifs is 1. The topological polar surface area (TPSA) is 78.5 Å². The van der Waals surface area contributed by atoms with Gasteiger partial charge < -0.3 is 10.6 Å². The molecule has 0 aromatic heterocycles. The highest BCUT2D eigenvalue weighted by Gasteiger charge is 2.31. The second-order valence-electron chi connectivity index (χ2n) is 5.71. The van der Waals surface area contributed by atoms with Crippen molar-refractivity contribution in [3.8, 4) is 0 Å². The molecule has 0 spiro atoms. The fraction of sp³-hybridized carbons (Fsp3) is 0.500. The lowest BCUT2D eigenvalue weighted by Gasteiger charge is -2.31. The molecule has 1 saturated heterocycles. The van der Waals surface area contributed by atoms with Crippen molar-refractivity contribution in [1.82, 2.24) is 9.62 Å². The maximum Gasteiger partial charge on any atom is 0.244 e. The zero-order valence-electron chi connectivity index (χ0n) is 12.6. The predicted octanol–water partition coefficient (Wildman–Crippen LogP) is 1.74. The summed E-state index contributed by atoms with van der Waals surface area (Å²) in [4.78, 5) is 11.7. The van der Waals surface area contributed by atoms with Crippen molar-refractivity contribution in [2.75, 3.05) is 25.0 Å². The van der Waals surface area contributed by atoms with Crippen LogP contribution >= 0.6 is 28.3 Å². The number of aryl methyl sites for hydroxylation is 1. The smallest absolute Gasteiger partial charge is 0.244 e. The number of benzene rings is 1. The molecule has 2 heterocycles. The summed E-state index contributed by atoms with van der Waals surface area (Å²) >= 11 is 3.37. The van der Waals surface area contributed by atoms with E-state index < -0.39 is 10.0 Å². The second kappa shape index (κ2) is 7.06. The molecule has 2 N–H and O–H groups in total. The minimum Gasteiger partial charge on any atom is -0.326 e. The quantitative estimate of drug-likeness (QED) is 0.758.